The fourth-order valence-corrected chi connectivity index (χ4v) is 5.10. The summed E-state index contributed by atoms with van der Waals surface area (Å²) in [6, 6.07) is 31.0. The van der Waals surface area contributed by atoms with E-state index < -0.39 is 0 Å². The Labute approximate surface area is 201 Å². The van der Waals surface area contributed by atoms with Gasteiger partial charge in [-0.3, -0.25) is 10.1 Å². The molecule has 7 rings (SSSR count). The highest BCUT2D eigenvalue weighted by molar-refractivity contribution is 6.26. The number of hydrogen-bond donors (Lipinski definition) is 2. The standard InChI is InChI=1S/C31H21N3O/c32-24-15-6-4-13-23(24)31(20-10-2-1-3-11-20)33-34-25-16-8-14-22-21-12-5-7-18-27(21)35-28-19-9-17-26(34)30(28)29(22)25/h1-19,32-33H/b31-23-,32-24?. The van der Waals surface area contributed by atoms with Gasteiger partial charge in [-0.05, 0) is 35.7 Å². The number of nitrogens with one attached hydrogen (secondary N) is 2. The molecule has 166 valence electrons. The first-order valence-electron chi connectivity index (χ1n) is 11.6. The smallest absolute Gasteiger partial charge is 0.137 e. The van der Waals surface area contributed by atoms with Gasteiger partial charge >= 0.3 is 0 Å². The van der Waals surface area contributed by atoms with E-state index in [1.807, 2.05) is 66.8 Å². The zero-order chi connectivity index (χ0) is 23.4. The van der Waals surface area contributed by atoms with Gasteiger partial charge in [-0.15, -0.1) is 0 Å². The van der Waals surface area contributed by atoms with Crippen molar-refractivity contribution in [2.24, 2.45) is 0 Å². The average Bonchev–Trinajstić information content (AvgIpc) is 3.14. The van der Waals surface area contributed by atoms with Gasteiger partial charge in [-0.1, -0.05) is 85.0 Å². The topological polar surface area (TPSA) is 54.0 Å². The van der Waals surface area contributed by atoms with Crippen LogP contribution in [-0.2, 0) is 0 Å². The largest absolute Gasteiger partial charge is 0.456 e. The fraction of sp³-hybridized carbons (Fsp3) is 0. The van der Waals surface area contributed by atoms with Crippen molar-refractivity contribution in [3.05, 3.63) is 126 Å². The van der Waals surface area contributed by atoms with E-state index in [-0.39, 0.29) is 0 Å². The minimum Gasteiger partial charge on any atom is -0.456 e. The molecule has 0 fully saturated rings. The summed E-state index contributed by atoms with van der Waals surface area (Å²) in [5.41, 5.74) is 10.7. The van der Waals surface area contributed by atoms with E-state index in [4.69, 9.17) is 9.83 Å². The van der Waals surface area contributed by atoms with Gasteiger partial charge in [0.05, 0.1) is 27.8 Å². The molecule has 4 aromatic carbocycles. The molecule has 0 saturated carbocycles. The van der Waals surface area contributed by atoms with Crippen LogP contribution in [0.1, 0.15) is 5.56 Å². The second-order valence-electron chi connectivity index (χ2n) is 8.68. The third kappa shape index (κ3) is 2.97. The second-order valence-corrected chi connectivity index (χ2v) is 8.68. The summed E-state index contributed by atoms with van der Waals surface area (Å²) in [6.07, 6.45) is 7.69. The van der Waals surface area contributed by atoms with Gasteiger partial charge in [0.2, 0.25) is 0 Å². The van der Waals surface area contributed by atoms with Crippen molar-refractivity contribution >= 4 is 55.2 Å². The van der Waals surface area contributed by atoms with Crippen LogP contribution in [0.3, 0.4) is 0 Å². The molecule has 0 unspecified atom stereocenters. The van der Waals surface area contributed by atoms with Gasteiger partial charge in [-0.25, -0.2) is 0 Å². The molecule has 2 heterocycles. The fourth-order valence-electron chi connectivity index (χ4n) is 5.10. The number of benzene rings is 4. The predicted molar refractivity (Wildman–Crippen MR) is 145 cm³/mol. The van der Waals surface area contributed by atoms with E-state index in [0.29, 0.717) is 5.71 Å². The van der Waals surface area contributed by atoms with E-state index >= 15 is 0 Å². The molecule has 0 atom stereocenters. The van der Waals surface area contributed by atoms with Crippen LogP contribution >= 0.6 is 0 Å². The van der Waals surface area contributed by atoms with Gasteiger partial charge in [0, 0.05) is 21.9 Å². The Balaban J connectivity index is 1.59. The highest BCUT2D eigenvalue weighted by Crippen LogP contribution is 2.39. The van der Waals surface area contributed by atoms with Crippen molar-refractivity contribution in [3.8, 4) is 0 Å². The summed E-state index contributed by atoms with van der Waals surface area (Å²) >= 11 is 0. The molecule has 4 nitrogen and oxygen atoms in total. The van der Waals surface area contributed by atoms with E-state index in [9.17, 15) is 0 Å². The molecule has 2 aromatic heterocycles. The number of nitrogens with zero attached hydrogens (tertiary/aromatic N) is 1. The van der Waals surface area contributed by atoms with Crippen LogP contribution in [0.25, 0.3) is 49.4 Å². The van der Waals surface area contributed by atoms with Crippen molar-refractivity contribution in [1.82, 2.24) is 4.68 Å². The number of fused-ring (bicyclic) bond motifs is 2. The summed E-state index contributed by atoms with van der Waals surface area (Å²) < 4.78 is 8.58. The van der Waals surface area contributed by atoms with Crippen LogP contribution in [0.4, 0.5) is 0 Å². The van der Waals surface area contributed by atoms with Gasteiger partial charge in [-0.2, -0.15) is 0 Å². The molecule has 0 aliphatic heterocycles. The van der Waals surface area contributed by atoms with Crippen molar-refractivity contribution < 1.29 is 4.42 Å². The Hall–Kier alpha value is -4.83. The highest BCUT2D eigenvalue weighted by Gasteiger charge is 2.20. The molecule has 1 aliphatic rings. The lowest BCUT2D eigenvalue weighted by molar-refractivity contribution is 0.664. The molecular weight excluding hydrogens is 430 g/mol. The quantitative estimate of drug-likeness (QED) is 0.288. The first kappa shape index (κ1) is 19.6. The zero-order valence-corrected chi connectivity index (χ0v) is 18.8. The maximum absolute atomic E-state index is 8.60. The van der Waals surface area contributed by atoms with E-state index in [0.717, 1.165) is 60.6 Å². The molecule has 0 spiro atoms. The third-order valence-electron chi connectivity index (χ3n) is 6.66. The van der Waals surface area contributed by atoms with Crippen molar-refractivity contribution in [2.45, 2.75) is 0 Å². The molecule has 6 aromatic rings. The molecule has 0 amide bonds. The van der Waals surface area contributed by atoms with Crippen LogP contribution in [0.5, 0.6) is 0 Å². The van der Waals surface area contributed by atoms with E-state index in [2.05, 4.69) is 58.6 Å². The number of allylic oxidation sites excluding steroid dienone is 5. The third-order valence-corrected chi connectivity index (χ3v) is 6.66. The Morgan fingerprint density at radius 1 is 0.657 bits per heavy atom. The van der Waals surface area contributed by atoms with E-state index in [1.54, 1.807) is 0 Å². The number of para-hydroxylation sites is 1. The molecule has 0 radical (unpaired) electrons. The monoisotopic (exact) mass is 451 g/mol. The maximum Gasteiger partial charge on any atom is 0.137 e. The SMILES string of the molecule is N=C1C=CC=C/C1=C(/Nn1c2cccc3oc4ccccc4c4cccc1c4c32)c1ccccc1. The Bertz CT molecular complexity index is 1880. The second kappa shape index (κ2) is 7.61. The number of rotatable bonds is 3. The molecule has 2 N–H and O–H groups in total. The maximum atomic E-state index is 8.60. The van der Waals surface area contributed by atoms with Crippen molar-refractivity contribution in [1.29, 1.82) is 5.41 Å². The van der Waals surface area contributed by atoms with E-state index in [1.165, 1.54) is 0 Å². The van der Waals surface area contributed by atoms with Crippen LogP contribution in [0.2, 0.25) is 0 Å². The molecule has 4 heteroatoms. The summed E-state index contributed by atoms with van der Waals surface area (Å²) in [6.45, 7) is 0. The Morgan fingerprint density at radius 2 is 1.34 bits per heavy atom. The summed E-state index contributed by atoms with van der Waals surface area (Å²) in [5, 5.41) is 13.1. The van der Waals surface area contributed by atoms with Crippen molar-refractivity contribution in [3.63, 3.8) is 0 Å². The summed E-state index contributed by atoms with van der Waals surface area (Å²) in [5.74, 6) is 0. The first-order valence-corrected chi connectivity index (χ1v) is 11.6. The van der Waals surface area contributed by atoms with Crippen LogP contribution in [0.15, 0.2) is 125 Å². The number of aromatic nitrogens is 1. The van der Waals surface area contributed by atoms with Gasteiger partial charge in [0.1, 0.15) is 11.2 Å². The Morgan fingerprint density at radius 3 is 2.20 bits per heavy atom. The molecule has 35 heavy (non-hydrogen) atoms. The lowest BCUT2D eigenvalue weighted by Gasteiger charge is -2.19. The lowest BCUT2D eigenvalue weighted by atomic mass is 9.99. The van der Waals surface area contributed by atoms with Gasteiger partial charge < -0.3 is 9.83 Å². The predicted octanol–water partition coefficient (Wildman–Crippen LogP) is 7.79. The summed E-state index contributed by atoms with van der Waals surface area (Å²) in [4.78, 5) is 0. The minimum atomic E-state index is 0.472. The zero-order valence-electron chi connectivity index (χ0n) is 18.8. The minimum absolute atomic E-state index is 0.472. The Kier molecular flexibility index (Phi) is 4.26. The molecule has 0 bridgehead atoms. The lowest BCUT2D eigenvalue weighted by Crippen LogP contribution is -2.17. The number of hydrogen-bond acceptors (Lipinski definition) is 3. The van der Waals surface area contributed by atoms with Crippen molar-refractivity contribution in [2.75, 3.05) is 5.43 Å². The van der Waals surface area contributed by atoms with Crippen LogP contribution in [0, 0.1) is 5.41 Å². The average molecular weight is 452 g/mol. The molecular formula is C31H21N3O. The summed E-state index contributed by atoms with van der Waals surface area (Å²) in [7, 11) is 0. The molecule has 0 saturated heterocycles. The van der Waals surface area contributed by atoms with Gasteiger partial charge in [0.15, 0.2) is 0 Å². The first-order chi connectivity index (χ1) is 17.3. The highest BCUT2D eigenvalue weighted by atomic mass is 16.3. The van der Waals surface area contributed by atoms with Crippen LogP contribution < -0.4 is 5.43 Å². The normalized spacial score (nSPS) is 15.0. The molecule has 1 aliphatic carbocycles. The van der Waals surface area contributed by atoms with Gasteiger partial charge in [0.25, 0.3) is 0 Å². The van der Waals surface area contributed by atoms with Crippen LogP contribution in [-0.4, -0.2) is 10.4 Å².